The minimum Gasteiger partial charge on any atom is -0.489 e. The Labute approximate surface area is 262 Å². The van der Waals surface area contributed by atoms with Crippen molar-refractivity contribution in [2.45, 2.75) is 12.3 Å². The van der Waals surface area contributed by atoms with E-state index in [0.717, 1.165) is 0 Å². The van der Waals surface area contributed by atoms with Gasteiger partial charge in [-0.05, 0) is 12.1 Å². The van der Waals surface area contributed by atoms with E-state index in [1.54, 1.807) is 6.07 Å². The lowest BCUT2D eigenvalue weighted by Crippen LogP contribution is -2.29. The zero-order valence-electron chi connectivity index (χ0n) is 24.9. The van der Waals surface area contributed by atoms with Crippen molar-refractivity contribution >= 4 is 22.7 Å². The number of non-ortho nitro benzene ring substituents is 1. The van der Waals surface area contributed by atoms with E-state index in [1.165, 1.54) is 18.2 Å². The standard InChI is InChI=1S/C28H36F3N3O12/c29-28(30,31)23-17-21(33(35)36)18-25(34(37)38)27(23)32-24-3-1-2-4-26(24)46-20-22-19-44-14-13-42-10-9-40-6-5-39-7-8-41-11-12-43-15-16-45-22/h1-4,17-18,22,32H,5-16,19-20H2. The van der Waals surface area contributed by atoms with Crippen LogP contribution in [0.4, 0.5) is 35.9 Å². The topological polar surface area (TPSA) is 172 Å². The Balaban J connectivity index is 1.70. The van der Waals surface area contributed by atoms with Gasteiger partial charge in [0.2, 0.25) is 0 Å². The Hall–Kier alpha value is -3.65. The van der Waals surface area contributed by atoms with E-state index in [0.29, 0.717) is 58.9 Å². The van der Waals surface area contributed by atoms with Crippen LogP contribution in [0.5, 0.6) is 5.75 Å². The van der Waals surface area contributed by atoms with Crippen LogP contribution in [0.1, 0.15) is 5.56 Å². The molecule has 1 heterocycles. The fourth-order valence-corrected chi connectivity index (χ4v) is 3.96. The molecule has 18 heteroatoms. The molecule has 256 valence electrons. The van der Waals surface area contributed by atoms with Crippen molar-refractivity contribution in [2.24, 2.45) is 0 Å². The summed E-state index contributed by atoms with van der Waals surface area (Å²) in [4.78, 5) is 20.6. The molecular weight excluding hydrogens is 627 g/mol. The summed E-state index contributed by atoms with van der Waals surface area (Å²) in [6.45, 7) is 4.01. The lowest BCUT2D eigenvalue weighted by Gasteiger charge is -2.21. The maximum Gasteiger partial charge on any atom is 0.418 e. The number of rotatable bonds is 7. The Morgan fingerprint density at radius 3 is 1.80 bits per heavy atom. The number of hydrogen-bond acceptors (Lipinski definition) is 13. The summed E-state index contributed by atoms with van der Waals surface area (Å²) in [6, 6.07) is 6.49. The van der Waals surface area contributed by atoms with Gasteiger partial charge in [0.25, 0.3) is 11.4 Å². The molecule has 0 aromatic heterocycles. The highest BCUT2D eigenvalue weighted by atomic mass is 19.4. The normalized spacial score (nSPS) is 19.0. The van der Waals surface area contributed by atoms with Crippen molar-refractivity contribution in [3.05, 3.63) is 62.2 Å². The first-order valence-corrected chi connectivity index (χ1v) is 14.3. The molecule has 1 saturated heterocycles. The number of nitrogens with zero attached hydrogens (tertiary/aromatic N) is 2. The molecule has 0 bridgehead atoms. The molecular formula is C28H36F3N3O12. The first-order valence-electron chi connectivity index (χ1n) is 14.3. The SMILES string of the molecule is O=[N+]([O-])c1cc([N+](=O)[O-])c(Nc2ccccc2OCC2COCCOCCOCCOCCOCCOCCO2)c(C(F)(F)F)c1. The molecule has 0 radical (unpaired) electrons. The Bertz CT molecular complexity index is 1220. The molecule has 3 rings (SSSR count). The summed E-state index contributed by atoms with van der Waals surface area (Å²) in [5, 5.41) is 25.3. The number of benzene rings is 2. The summed E-state index contributed by atoms with van der Waals surface area (Å²) < 4.78 is 86.3. The molecule has 0 spiro atoms. The molecule has 2 aromatic carbocycles. The molecule has 1 aliphatic rings. The monoisotopic (exact) mass is 663 g/mol. The van der Waals surface area contributed by atoms with Crippen molar-refractivity contribution < 1.29 is 60.9 Å². The molecule has 1 aliphatic heterocycles. The minimum absolute atomic E-state index is 0.0370. The second kappa shape index (κ2) is 19.8. The number of ether oxygens (including phenoxy) is 8. The molecule has 15 nitrogen and oxygen atoms in total. The molecule has 2 aromatic rings. The van der Waals surface area contributed by atoms with Crippen LogP contribution >= 0.6 is 0 Å². The Kier molecular flexibility index (Phi) is 15.8. The lowest BCUT2D eigenvalue weighted by molar-refractivity contribution is -0.394. The number of halogens is 3. The molecule has 0 amide bonds. The largest absolute Gasteiger partial charge is 0.489 e. The van der Waals surface area contributed by atoms with E-state index < -0.39 is 44.8 Å². The third kappa shape index (κ3) is 13.0. The number of nitro groups is 2. The van der Waals surface area contributed by atoms with Gasteiger partial charge in [0.05, 0.1) is 113 Å². The van der Waals surface area contributed by atoms with Crippen LogP contribution in [0, 0.1) is 20.2 Å². The van der Waals surface area contributed by atoms with Crippen molar-refractivity contribution in [1.82, 2.24) is 0 Å². The van der Waals surface area contributed by atoms with E-state index in [4.69, 9.17) is 37.9 Å². The van der Waals surface area contributed by atoms with Crippen LogP contribution in [0.2, 0.25) is 0 Å². The average Bonchev–Trinajstić information content (AvgIpc) is 3.01. The predicted molar refractivity (Wildman–Crippen MR) is 155 cm³/mol. The lowest BCUT2D eigenvalue weighted by atomic mass is 10.1. The average molecular weight is 664 g/mol. The quantitative estimate of drug-likeness (QED) is 0.331. The molecule has 0 saturated carbocycles. The molecule has 1 atom stereocenters. The molecule has 46 heavy (non-hydrogen) atoms. The molecule has 0 aliphatic carbocycles. The van der Waals surface area contributed by atoms with Gasteiger partial charge in [-0.3, -0.25) is 20.2 Å². The highest BCUT2D eigenvalue weighted by Gasteiger charge is 2.40. The maximum atomic E-state index is 13.9. The molecule has 1 N–H and O–H groups in total. The predicted octanol–water partition coefficient (Wildman–Crippen LogP) is 4.14. The summed E-state index contributed by atoms with van der Waals surface area (Å²) in [7, 11) is 0. The van der Waals surface area contributed by atoms with Gasteiger partial charge in [0.15, 0.2) is 0 Å². The molecule has 1 unspecified atom stereocenters. The second-order valence-electron chi connectivity index (χ2n) is 9.46. The van der Waals surface area contributed by atoms with E-state index in [-0.39, 0.29) is 57.1 Å². The van der Waals surface area contributed by atoms with Crippen molar-refractivity contribution in [2.75, 3.05) is 97.8 Å². The van der Waals surface area contributed by atoms with Crippen LogP contribution in [0.15, 0.2) is 36.4 Å². The maximum absolute atomic E-state index is 13.9. The number of nitrogens with one attached hydrogen (secondary N) is 1. The van der Waals surface area contributed by atoms with Crippen LogP contribution in [-0.2, 0) is 39.3 Å². The van der Waals surface area contributed by atoms with E-state index in [2.05, 4.69) is 5.32 Å². The van der Waals surface area contributed by atoms with Crippen LogP contribution < -0.4 is 10.1 Å². The third-order valence-corrected chi connectivity index (χ3v) is 6.13. The Morgan fingerprint density at radius 2 is 1.28 bits per heavy atom. The summed E-state index contributed by atoms with van der Waals surface area (Å²) in [5.41, 5.74) is -4.83. The first-order chi connectivity index (χ1) is 22.2. The van der Waals surface area contributed by atoms with Gasteiger partial charge < -0.3 is 43.2 Å². The van der Waals surface area contributed by atoms with Crippen LogP contribution in [-0.4, -0.2) is 108 Å². The second-order valence-corrected chi connectivity index (χ2v) is 9.46. The summed E-state index contributed by atoms with van der Waals surface area (Å²) in [6.07, 6.45) is -5.80. The van der Waals surface area contributed by atoms with Crippen molar-refractivity contribution in [3.8, 4) is 5.75 Å². The van der Waals surface area contributed by atoms with E-state index in [9.17, 15) is 33.4 Å². The van der Waals surface area contributed by atoms with Crippen LogP contribution in [0.25, 0.3) is 0 Å². The van der Waals surface area contributed by atoms with Gasteiger partial charge in [-0.25, -0.2) is 0 Å². The smallest absolute Gasteiger partial charge is 0.418 e. The number of anilines is 2. The number of alkyl halides is 3. The first kappa shape index (κ1) is 36.8. The van der Waals surface area contributed by atoms with Gasteiger partial charge in [0.1, 0.15) is 24.1 Å². The van der Waals surface area contributed by atoms with Gasteiger partial charge in [0, 0.05) is 6.07 Å². The fraction of sp³-hybridized carbons (Fsp3) is 0.571. The van der Waals surface area contributed by atoms with E-state index >= 15 is 0 Å². The zero-order valence-corrected chi connectivity index (χ0v) is 24.9. The molecule has 1 fully saturated rings. The highest BCUT2D eigenvalue weighted by molar-refractivity contribution is 5.78. The van der Waals surface area contributed by atoms with Crippen molar-refractivity contribution in [1.29, 1.82) is 0 Å². The minimum atomic E-state index is -5.15. The third-order valence-electron chi connectivity index (χ3n) is 6.13. The Morgan fingerprint density at radius 1 is 0.761 bits per heavy atom. The summed E-state index contributed by atoms with van der Waals surface area (Å²) in [5.74, 6) is 0.0370. The van der Waals surface area contributed by atoms with Gasteiger partial charge in [-0.2, -0.15) is 13.2 Å². The van der Waals surface area contributed by atoms with Crippen LogP contribution in [0.3, 0.4) is 0 Å². The number of para-hydroxylation sites is 2. The summed E-state index contributed by atoms with van der Waals surface area (Å²) >= 11 is 0. The van der Waals surface area contributed by atoms with Gasteiger partial charge in [-0.1, -0.05) is 12.1 Å². The van der Waals surface area contributed by atoms with Gasteiger partial charge in [-0.15, -0.1) is 0 Å². The highest BCUT2D eigenvalue weighted by Crippen LogP contribution is 2.44. The zero-order chi connectivity index (χ0) is 33.2. The van der Waals surface area contributed by atoms with Gasteiger partial charge >= 0.3 is 6.18 Å². The van der Waals surface area contributed by atoms with E-state index in [1.807, 2.05) is 0 Å². The fourth-order valence-electron chi connectivity index (χ4n) is 3.96. The van der Waals surface area contributed by atoms with Crippen molar-refractivity contribution in [3.63, 3.8) is 0 Å². The number of hydrogen-bond donors (Lipinski definition) is 1. The number of nitro benzene ring substituents is 2.